The fourth-order valence-electron chi connectivity index (χ4n) is 2.45. The number of anilines is 2. The Morgan fingerprint density at radius 1 is 1.45 bits per heavy atom. The summed E-state index contributed by atoms with van der Waals surface area (Å²) in [7, 11) is 0. The predicted octanol–water partition coefficient (Wildman–Crippen LogP) is 3.07. The number of hydrogen-bond donors (Lipinski definition) is 1. The highest BCUT2D eigenvalue weighted by Crippen LogP contribution is 2.31. The maximum atomic E-state index is 5.75. The highest BCUT2D eigenvalue weighted by atomic mass is 79.9. The van der Waals surface area contributed by atoms with Crippen LogP contribution < -0.4 is 10.2 Å². The molecule has 1 aromatic heterocycles. The minimum Gasteiger partial charge on any atom is -0.377 e. The van der Waals surface area contributed by atoms with Crippen LogP contribution in [0.15, 0.2) is 10.8 Å². The lowest BCUT2D eigenvalue weighted by atomic mass is 10.1. The molecule has 0 amide bonds. The Bertz CT molecular complexity index is 428. The summed E-state index contributed by atoms with van der Waals surface area (Å²) in [6.07, 6.45) is 5.28. The summed E-state index contributed by atoms with van der Waals surface area (Å²) in [6, 6.07) is 0. The minimum atomic E-state index is 0.308. The van der Waals surface area contributed by atoms with E-state index in [0.29, 0.717) is 6.10 Å². The molecule has 0 bridgehead atoms. The molecule has 0 spiro atoms. The average Bonchev–Trinajstić information content (AvgIpc) is 2.47. The molecule has 2 rings (SSSR count). The van der Waals surface area contributed by atoms with Gasteiger partial charge in [0, 0.05) is 26.2 Å². The molecule has 1 fully saturated rings. The van der Waals surface area contributed by atoms with Gasteiger partial charge in [-0.2, -0.15) is 0 Å². The lowest BCUT2D eigenvalue weighted by molar-refractivity contribution is 0.0525. The van der Waals surface area contributed by atoms with E-state index in [1.165, 1.54) is 0 Å². The third-order valence-corrected chi connectivity index (χ3v) is 4.12. The zero-order chi connectivity index (χ0) is 14.4. The Hall–Kier alpha value is -0.880. The molecule has 6 heteroatoms. The van der Waals surface area contributed by atoms with Crippen molar-refractivity contribution < 1.29 is 4.74 Å². The van der Waals surface area contributed by atoms with E-state index in [-0.39, 0.29) is 0 Å². The van der Waals surface area contributed by atoms with E-state index in [0.717, 1.165) is 61.6 Å². The maximum absolute atomic E-state index is 5.75. The van der Waals surface area contributed by atoms with Gasteiger partial charge in [0.1, 0.15) is 22.4 Å². The van der Waals surface area contributed by atoms with E-state index in [2.05, 4.69) is 43.0 Å². The van der Waals surface area contributed by atoms with Gasteiger partial charge in [-0.25, -0.2) is 9.97 Å². The quantitative estimate of drug-likeness (QED) is 0.860. The molecule has 5 nitrogen and oxygen atoms in total. The first kappa shape index (κ1) is 15.5. The Morgan fingerprint density at radius 3 is 3.05 bits per heavy atom. The summed E-state index contributed by atoms with van der Waals surface area (Å²) >= 11 is 3.64. The van der Waals surface area contributed by atoms with E-state index in [9.17, 15) is 0 Å². The summed E-state index contributed by atoms with van der Waals surface area (Å²) in [4.78, 5) is 11.0. The van der Waals surface area contributed by atoms with Gasteiger partial charge in [0.25, 0.3) is 0 Å². The van der Waals surface area contributed by atoms with Crippen LogP contribution in [0, 0.1) is 0 Å². The van der Waals surface area contributed by atoms with E-state index >= 15 is 0 Å². The van der Waals surface area contributed by atoms with Crippen molar-refractivity contribution in [2.75, 3.05) is 36.5 Å². The topological polar surface area (TPSA) is 50.3 Å². The van der Waals surface area contributed by atoms with E-state index in [4.69, 9.17) is 4.74 Å². The second kappa shape index (κ2) is 7.78. The second-order valence-electron chi connectivity index (χ2n) is 4.95. The molecule has 0 saturated carbocycles. The first-order valence-electron chi connectivity index (χ1n) is 7.37. The molecule has 1 atom stereocenters. The third-order valence-electron chi connectivity index (χ3n) is 3.39. The maximum Gasteiger partial charge on any atom is 0.148 e. The number of nitrogens with one attached hydrogen (secondary N) is 1. The number of rotatable bonds is 6. The van der Waals surface area contributed by atoms with Crippen LogP contribution in [0.1, 0.15) is 33.1 Å². The fraction of sp³-hybridized carbons (Fsp3) is 0.714. The standard InChI is InChI=1S/C14H23BrN4O/c1-3-7-16-13-12(15)14(18-10-17-13)19-8-5-6-11(9-19)20-4-2/h10-11H,3-9H2,1-2H3,(H,16,17,18). The highest BCUT2D eigenvalue weighted by molar-refractivity contribution is 9.10. The van der Waals surface area contributed by atoms with Gasteiger partial charge >= 0.3 is 0 Å². The normalized spacial score (nSPS) is 19.1. The number of piperidine rings is 1. The highest BCUT2D eigenvalue weighted by Gasteiger charge is 2.23. The van der Waals surface area contributed by atoms with Gasteiger partial charge in [0.05, 0.1) is 6.10 Å². The minimum absolute atomic E-state index is 0.308. The van der Waals surface area contributed by atoms with Gasteiger partial charge < -0.3 is 15.0 Å². The number of halogens is 1. The summed E-state index contributed by atoms with van der Waals surface area (Å²) in [5.74, 6) is 1.83. The van der Waals surface area contributed by atoms with Gasteiger partial charge in [0.2, 0.25) is 0 Å². The summed E-state index contributed by atoms with van der Waals surface area (Å²) in [6.45, 7) is 7.79. The number of ether oxygens (including phenoxy) is 1. The van der Waals surface area contributed by atoms with Crippen molar-refractivity contribution >= 4 is 27.6 Å². The summed E-state index contributed by atoms with van der Waals surface area (Å²) in [5.41, 5.74) is 0. The smallest absolute Gasteiger partial charge is 0.148 e. The molecule has 1 N–H and O–H groups in total. The van der Waals surface area contributed by atoms with Crippen molar-refractivity contribution in [3.8, 4) is 0 Å². The van der Waals surface area contributed by atoms with E-state index < -0.39 is 0 Å². The molecule has 1 saturated heterocycles. The lowest BCUT2D eigenvalue weighted by Gasteiger charge is -2.33. The predicted molar refractivity (Wildman–Crippen MR) is 85.4 cm³/mol. The number of nitrogens with zero attached hydrogens (tertiary/aromatic N) is 3. The van der Waals surface area contributed by atoms with Crippen LogP contribution in [-0.4, -0.2) is 42.3 Å². The van der Waals surface area contributed by atoms with Gasteiger partial charge in [0.15, 0.2) is 0 Å². The molecule has 0 aromatic carbocycles. The van der Waals surface area contributed by atoms with Crippen LogP contribution in [0.5, 0.6) is 0 Å². The molecule has 1 aliphatic heterocycles. The zero-order valence-corrected chi connectivity index (χ0v) is 13.8. The average molecular weight is 343 g/mol. The van der Waals surface area contributed by atoms with Gasteiger partial charge in [-0.3, -0.25) is 0 Å². The van der Waals surface area contributed by atoms with Crippen LogP contribution in [-0.2, 0) is 4.74 Å². The molecule has 2 heterocycles. The van der Waals surface area contributed by atoms with Crippen LogP contribution >= 0.6 is 15.9 Å². The van der Waals surface area contributed by atoms with Crippen LogP contribution in [0.3, 0.4) is 0 Å². The molecule has 1 unspecified atom stereocenters. The molecular formula is C14H23BrN4O. The van der Waals surface area contributed by atoms with Crippen LogP contribution in [0.4, 0.5) is 11.6 Å². The van der Waals surface area contributed by atoms with Crippen molar-refractivity contribution in [2.24, 2.45) is 0 Å². The first-order valence-corrected chi connectivity index (χ1v) is 8.16. The summed E-state index contributed by atoms with van der Waals surface area (Å²) in [5, 5.41) is 3.32. The van der Waals surface area contributed by atoms with Gasteiger partial charge in [-0.1, -0.05) is 6.92 Å². The van der Waals surface area contributed by atoms with Gasteiger partial charge in [-0.05, 0) is 42.1 Å². The molecular weight excluding hydrogens is 320 g/mol. The largest absolute Gasteiger partial charge is 0.377 e. The van der Waals surface area contributed by atoms with Crippen molar-refractivity contribution in [1.29, 1.82) is 0 Å². The molecule has 112 valence electrons. The van der Waals surface area contributed by atoms with Crippen LogP contribution in [0.25, 0.3) is 0 Å². The molecule has 1 aromatic rings. The first-order chi connectivity index (χ1) is 9.76. The molecule has 0 radical (unpaired) electrons. The Balaban J connectivity index is 2.11. The summed E-state index contributed by atoms with van der Waals surface area (Å²) < 4.78 is 6.70. The van der Waals surface area contributed by atoms with Crippen molar-refractivity contribution in [2.45, 2.75) is 39.2 Å². The van der Waals surface area contributed by atoms with Crippen molar-refractivity contribution in [3.05, 3.63) is 10.8 Å². The zero-order valence-electron chi connectivity index (χ0n) is 12.2. The Kier molecular flexibility index (Phi) is 6.04. The SMILES string of the molecule is CCCNc1ncnc(N2CCCC(OCC)C2)c1Br. The molecule has 20 heavy (non-hydrogen) atoms. The van der Waals surface area contributed by atoms with Crippen LogP contribution in [0.2, 0.25) is 0 Å². The fourth-order valence-corrected chi connectivity index (χ4v) is 3.05. The second-order valence-corrected chi connectivity index (χ2v) is 5.75. The molecule has 1 aliphatic rings. The van der Waals surface area contributed by atoms with Gasteiger partial charge in [-0.15, -0.1) is 0 Å². The van der Waals surface area contributed by atoms with Crippen molar-refractivity contribution in [3.63, 3.8) is 0 Å². The van der Waals surface area contributed by atoms with E-state index in [1.54, 1.807) is 6.33 Å². The number of aromatic nitrogens is 2. The number of hydrogen-bond acceptors (Lipinski definition) is 5. The molecule has 0 aliphatic carbocycles. The Morgan fingerprint density at radius 2 is 2.30 bits per heavy atom. The van der Waals surface area contributed by atoms with E-state index in [1.807, 2.05) is 6.92 Å². The Labute approximate surface area is 129 Å². The third kappa shape index (κ3) is 3.82. The van der Waals surface area contributed by atoms with Crippen molar-refractivity contribution in [1.82, 2.24) is 9.97 Å². The lowest BCUT2D eigenvalue weighted by Crippen LogP contribution is -2.40. The monoisotopic (exact) mass is 342 g/mol.